The third-order valence-electron chi connectivity index (χ3n) is 7.58. The van der Waals surface area contributed by atoms with E-state index >= 15 is 0 Å². The van der Waals surface area contributed by atoms with Crippen LogP contribution in [-0.4, -0.2) is 49.2 Å². The smallest absolute Gasteiger partial charge is 0.336 e. The maximum Gasteiger partial charge on any atom is 0.336 e. The number of nitrogens with one attached hydrogen (secondary N) is 1. The van der Waals surface area contributed by atoms with E-state index < -0.39 is 11.9 Å². The zero-order valence-electron chi connectivity index (χ0n) is 23.8. The van der Waals surface area contributed by atoms with Crippen LogP contribution in [0.1, 0.15) is 44.4 Å². The molecule has 0 saturated carbocycles. The van der Waals surface area contributed by atoms with E-state index in [1.54, 1.807) is 36.7 Å². The molecular weight excluding hydrogens is 615 g/mol. The van der Waals surface area contributed by atoms with Crippen LogP contribution >= 0.6 is 23.2 Å². The van der Waals surface area contributed by atoms with Crippen LogP contribution in [0.4, 0.5) is 5.69 Å². The summed E-state index contributed by atoms with van der Waals surface area (Å²) in [6.07, 6.45) is 3.54. The van der Waals surface area contributed by atoms with Gasteiger partial charge in [-0.2, -0.15) is 0 Å². The minimum atomic E-state index is -1.12. The van der Waals surface area contributed by atoms with E-state index in [4.69, 9.17) is 27.9 Å². The summed E-state index contributed by atoms with van der Waals surface area (Å²) in [6, 6.07) is 22.6. The third kappa shape index (κ3) is 6.66. The number of aromatic hydroxyl groups is 2. The second kappa shape index (κ2) is 13.0. The molecule has 0 fully saturated rings. The van der Waals surface area contributed by atoms with Gasteiger partial charge in [-0.3, -0.25) is 14.9 Å². The van der Waals surface area contributed by atoms with Crippen molar-refractivity contribution in [2.24, 2.45) is 0 Å². The summed E-state index contributed by atoms with van der Waals surface area (Å²) in [5.41, 5.74) is 4.14. The number of aromatic carboxylic acids is 1. The summed E-state index contributed by atoms with van der Waals surface area (Å²) >= 11 is 12.6. The molecule has 0 atom stereocenters. The predicted molar refractivity (Wildman–Crippen MR) is 172 cm³/mol. The number of fused-ring (bicyclic) bond motifs is 2. The van der Waals surface area contributed by atoms with E-state index in [2.05, 4.69) is 20.2 Å². The number of hydrogen-bond acceptors (Lipinski definition) is 8. The van der Waals surface area contributed by atoms with Crippen LogP contribution in [0.5, 0.6) is 23.0 Å². The first-order valence-corrected chi connectivity index (χ1v) is 14.9. The topological polar surface area (TPSA) is 128 Å². The van der Waals surface area contributed by atoms with E-state index in [0.29, 0.717) is 48.6 Å². The first-order valence-electron chi connectivity index (χ1n) is 14.1. The first kappa shape index (κ1) is 30.2. The van der Waals surface area contributed by atoms with Gasteiger partial charge in [-0.25, -0.2) is 4.79 Å². The van der Waals surface area contributed by atoms with Crippen molar-refractivity contribution in [3.63, 3.8) is 0 Å². The Morgan fingerprint density at radius 2 is 1.38 bits per heavy atom. The average Bonchev–Trinajstić information content (AvgIpc) is 3.03. The maximum absolute atomic E-state index is 12.7. The van der Waals surface area contributed by atoms with E-state index in [-0.39, 0.29) is 38.6 Å². The second-order valence-corrected chi connectivity index (χ2v) is 11.4. The van der Waals surface area contributed by atoms with Crippen LogP contribution in [0.25, 0.3) is 0 Å². The molecule has 9 nitrogen and oxygen atoms in total. The van der Waals surface area contributed by atoms with Crippen LogP contribution in [0.3, 0.4) is 0 Å². The molecular formula is C34H28Cl2N4O5. The van der Waals surface area contributed by atoms with Crippen molar-refractivity contribution in [1.82, 2.24) is 14.9 Å². The summed E-state index contributed by atoms with van der Waals surface area (Å²) in [5.74, 6) is -1.58. The fraction of sp³-hybridized carbons (Fsp3) is 0.147. The summed E-state index contributed by atoms with van der Waals surface area (Å²) in [5, 5.41) is 34.4. The van der Waals surface area contributed by atoms with Gasteiger partial charge in [0.15, 0.2) is 0 Å². The lowest BCUT2D eigenvalue weighted by Crippen LogP contribution is -2.29. The van der Waals surface area contributed by atoms with Crippen molar-refractivity contribution < 1.29 is 24.9 Å². The molecule has 2 aromatic heterocycles. The zero-order valence-corrected chi connectivity index (χ0v) is 25.3. The monoisotopic (exact) mass is 642 g/mol. The van der Waals surface area contributed by atoms with Crippen molar-refractivity contribution in [1.29, 1.82) is 0 Å². The van der Waals surface area contributed by atoms with Gasteiger partial charge >= 0.3 is 5.97 Å². The third-order valence-corrected chi connectivity index (χ3v) is 8.18. The average molecular weight is 644 g/mol. The number of aromatic nitrogens is 2. The summed E-state index contributed by atoms with van der Waals surface area (Å²) in [4.78, 5) is 23.8. The van der Waals surface area contributed by atoms with E-state index in [0.717, 1.165) is 11.4 Å². The molecule has 1 aliphatic heterocycles. The lowest BCUT2D eigenvalue weighted by molar-refractivity contribution is 0.0695. The van der Waals surface area contributed by atoms with Gasteiger partial charge in [-0.05, 0) is 54.1 Å². The molecule has 6 rings (SSSR count). The highest BCUT2D eigenvalue weighted by Gasteiger charge is 2.33. The fourth-order valence-electron chi connectivity index (χ4n) is 5.48. The van der Waals surface area contributed by atoms with Crippen LogP contribution in [-0.2, 0) is 13.1 Å². The SMILES string of the molecule is O=C(O)c1cc(NCCN(Cc2ccccn2)Cc2ccccn2)ccc1C1c2cc(Cl)c(O)cc2Oc2cc(O)c(Cl)cc21. The van der Waals surface area contributed by atoms with E-state index in [1.807, 2.05) is 42.5 Å². The molecule has 0 spiro atoms. The van der Waals surface area contributed by atoms with Crippen molar-refractivity contribution in [3.8, 4) is 23.0 Å². The molecule has 0 radical (unpaired) electrons. The number of pyridine rings is 2. The molecule has 4 N–H and O–H groups in total. The molecule has 228 valence electrons. The van der Waals surface area contributed by atoms with Gasteiger partial charge < -0.3 is 25.4 Å². The zero-order chi connectivity index (χ0) is 31.5. The van der Waals surface area contributed by atoms with Gasteiger partial charge in [0, 0.05) is 73.4 Å². The van der Waals surface area contributed by atoms with Gasteiger partial charge in [0.2, 0.25) is 0 Å². The summed E-state index contributed by atoms with van der Waals surface area (Å²) < 4.78 is 5.97. The number of hydrogen-bond donors (Lipinski definition) is 4. The Kier molecular flexibility index (Phi) is 8.75. The van der Waals surface area contributed by atoms with Gasteiger partial charge in [-0.1, -0.05) is 41.4 Å². The van der Waals surface area contributed by atoms with E-state index in [9.17, 15) is 20.1 Å². The van der Waals surface area contributed by atoms with Gasteiger partial charge in [-0.15, -0.1) is 0 Å². The Morgan fingerprint density at radius 3 is 1.89 bits per heavy atom. The van der Waals surface area contributed by atoms with Crippen molar-refractivity contribution in [2.75, 3.05) is 18.4 Å². The van der Waals surface area contributed by atoms with Crippen LogP contribution in [0, 0.1) is 0 Å². The molecule has 0 bridgehead atoms. The number of ether oxygens (including phenoxy) is 1. The molecule has 3 heterocycles. The molecule has 45 heavy (non-hydrogen) atoms. The first-order chi connectivity index (χ1) is 21.8. The number of rotatable bonds is 10. The van der Waals surface area contributed by atoms with E-state index in [1.165, 1.54) is 12.1 Å². The molecule has 1 aliphatic rings. The second-order valence-electron chi connectivity index (χ2n) is 10.6. The lowest BCUT2D eigenvalue weighted by Gasteiger charge is -2.30. The van der Waals surface area contributed by atoms with Crippen molar-refractivity contribution >= 4 is 34.9 Å². The molecule has 0 aliphatic carbocycles. The number of nitrogens with zero attached hydrogens (tertiary/aromatic N) is 3. The van der Waals surface area contributed by atoms with Gasteiger partial charge in [0.1, 0.15) is 23.0 Å². The number of phenolic OH excluding ortho intramolecular Hbond substituents is 2. The Labute approximate surface area is 269 Å². The number of anilines is 1. The Hall–Kier alpha value is -4.83. The number of carboxylic acids is 1. The number of benzene rings is 3. The molecule has 5 aromatic rings. The molecule has 0 unspecified atom stereocenters. The van der Waals surface area contributed by atoms with Gasteiger partial charge in [0.05, 0.1) is 27.0 Å². The Morgan fingerprint density at radius 1 is 0.800 bits per heavy atom. The van der Waals surface area contributed by atoms with Crippen molar-refractivity contribution in [2.45, 2.75) is 19.0 Å². The molecule has 0 amide bonds. The molecule has 3 aromatic carbocycles. The standard InChI is InChI=1S/C34H28Cl2N4O5/c35-27-14-25-31(16-29(27)41)45-32-17-30(42)28(36)15-26(32)33(25)23-8-7-20(13-24(23)34(43)44)39-11-12-40(18-21-5-1-3-9-37-21)19-22-6-2-4-10-38-22/h1-10,13-17,33,39,41-42H,11-12,18-19H2,(H,43,44). The predicted octanol–water partition coefficient (Wildman–Crippen LogP) is 7.29. The van der Waals surface area contributed by atoms with Gasteiger partial charge in [0.25, 0.3) is 0 Å². The Bertz CT molecular complexity index is 1760. The number of phenols is 2. The number of halogens is 2. The summed E-state index contributed by atoms with van der Waals surface area (Å²) in [6.45, 7) is 2.42. The van der Waals surface area contributed by atoms with Crippen LogP contribution in [0.2, 0.25) is 10.0 Å². The number of carbonyl (C=O) groups is 1. The highest BCUT2D eigenvalue weighted by atomic mass is 35.5. The minimum Gasteiger partial charge on any atom is -0.506 e. The number of carboxylic acid groups (broad SMARTS) is 1. The Balaban J connectivity index is 1.28. The highest BCUT2D eigenvalue weighted by Crippen LogP contribution is 2.52. The fourth-order valence-corrected chi connectivity index (χ4v) is 5.83. The maximum atomic E-state index is 12.7. The molecule has 0 saturated heterocycles. The normalized spacial score (nSPS) is 12.3. The van der Waals surface area contributed by atoms with Crippen LogP contribution in [0.15, 0.2) is 91.3 Å². The highest BCUT2D eigenvalue weighted by molar-refractivity contribution is 6.32. The van der Waals surface area contributed by atoms with Crippen molar-refractivity contribution in [3.05, 3.63) is 135 Å². The van der Waals surface area contributed by atoms with Crippen LogP contribution < -0.4 is 10.1 Å². The molecule has 11 heteroatoms. The minimum absolute atomic E-state index is 0.0658. The largest absolute Gasteiger partial charge is 0.506 e. The quantitative estimate of drug-likeness (QED) is 0.122. The lowest BCUT2D eigenvalue weighted by atomic mass is 9.80. The summed E-state index contributed by atoms with van der Waals surface area (Å²) in [7, 11) is 0.